The molecule has 66 valence electrons. The summed E-state index contributed by atoms with van der Waals surface area (Å²) in [7, 11) is 0. The zero-order valence-electron chi connectivity index (χ0n) is 6.83. The Morgan fingerprint density at radius 2 is 2.25 bits per heavy atom. The summed E-state index contributed by atoms with van der Waals surface area (Å²) in [6, 6.07) is 0. The molecule has 0 rings (SSSR count). The van der Waals surface area contributed by atoms with Gasteiger partial charge >= 0.3 is 5.97 Å². The van der Waals surface area contributed by atoms with E-state index in [2.05, 4.69) is 5.32 Å². The van der Waals surface area contributed by atoms with Gasteiger partial charge in [0.2, 0.25) is 0 Å². The Morgan fingerprint density at radius 3 is 2.67 bits per heavy atom. The topological polar surface area (TPSA) is 66.4 Å². The van der Waals surface area contributed by atoms with Crippen molar-refractivity contribution in [2.45, 2.75) is 13.3 Å². The molecule has 0 saturated heterocycles. The van der Waals surface area contributed by atoms with Gasteiger partial charge in [-0.15, -0.1) is 6.42 Å². The van der Waals surface area contributed by atoms with Crippen LogP contribution in [0.25, 0.3) is 0 Å². The summed E-state index contributed by atoms with van der Waals surface area (Å²) in [5.41, 5.74) is 0. The van der Waals surface area contributed by atoms with Crippen molar-refractivity contribution in [1.82, 2.24) is 5.32 Å². The van der Waals surface area contributed by atoms with Crippen LogP contribution in [0.2, 0.25) is 0 Å². The van der Waals surface area contributed by atoms with Crippen molar-refractivity contribution in [2.24, 2.45) is 5.92 Å². The van der Waals surface area contributed by atoms with E-state index < -0.39 is 11.9 Å². The number of carboxylic acids is 1. The summed E-state index contributed by atoms with van der Waals surface area (Å²) in [5.74, 6) is 0.394. The van der Waals surface area contributed by atoms with Crippen molar-refractivity contribution in [1.29, 1.82) is 0 Å². The van der Waals surface area contributed by atoms with Crippen molar-refractivity contribution >= 4 is 11.9 Å². The fourth-order valence-corrected chi connectivity index (χ4v) is 0.688. The van der Waals surface area contributed by atoms with Crippen LogP contribution in [0.3, 0.4) is 0 Å². The fraction of sp³-hybridized carbons (Fsp3) is 0.500. The van der Waals surface area contributed by atoms with E-state index in [1.165, 1.54) is 0 Å². The number of terminal acetylenes is 1. The summed E-state index contributed by atoms with van der Waals surface area (Å²) in [4.78, 5) is 20.7. The van der Waals surface area contributed by atoms with Crippen LogP contribution in [0.15, 0.2) is 0 Å². The van der Waals surface area contributed by atoms with Gasteiger partial charge in [-0.1, -0.05) is 6.92 Å². The zero-order valence-corrected chi connectivity index (χ0v) is 6.83. The molecule has 0 aliphatic heterocycles. The Bertz CT molecular complexity index is 217. The molecule has 0 aliphatic carbocycles. The molecule has 0 spiro atoms. The lowest BCUT2D eigenvalue weighted by Gasteiger charge is -2.07. The minimum absolute atomic E-state index is 0.0326. The van der Waals surface area contributed by atoms with Gasteiger partial charge in [0.15, 0.2) is 0 Å². The summed E-state index contributed by atoms with van der Waals surface area (Å²) >= 11 is 0. The highest BCUT2D eigenvalue weighted by Crippen LogP contribution is 1.98. The first-order chi connectivity index (χ1) is 5.56. The number of rotatable bonds is 4. The number of carboxylic acid groups (broad SMARTS) is 1. The van der Waals surface area contributed by atoms with Gasteiger partial charge in [-0.25, -0.2) is 0 Å². The molecule has 2 N–H and O–H groups in total. The Balaban J connectivity index is 3.58. The molecule has 4 nitrogen and oxygen atoms in total. The molecule has 0 aromatic rings. The largest absolute Gasteiger partial charge is 0.481 e. The normalized spacial score (nSPS) is 11.3. The first-order valence-electron chi connectivity index (χ1n) is 3.52. The lowest BCUT2D eigenvalue weighted by molar-refractivity contribution is -0.138. The van der Waals surface area contributed by atoms with Crippen LogP contribution in [0.5, 0.6) is 0 Å². The highest BCUT2D eigenvalue weighted by Gasteiger charge is 2.07. The molecule has 4 heteroatoms. The van der Waals surface area contributed by atoms with Gasteiger partial charge in [0.05, 0.1) is 0 Å². The monoisotopic (exact) mass is 169 g/mol. The summed E-state index contributed by atoms with van der Waals surface area (Å²) in [6.07, 6.45) is 4.81. The Hall–Kier alpha value is -1.50. The molecule has 0 fully saturated rings. The molecule has 0 heterocycles. The smallest absolute Gasteiger partial charge is 0.303 e. The number of aliphatic carboxylic acids is 1. The molecule has 1 atom stereocenters. The van der Waals surface area contributed by atoms with Crippen LogP contribution in [-0.2, 0) is 9.59 Å². The molecule has 0 aliphatic rings. The molecular formula is C8H11NO3. The van der Waals surface area contributed by atoms with Crippen LogP contribution in [0.4, 0.5) is 0 Å². The molecular weight excluding hydrogens is 158 g/mol. The maximum absolute atomic E-state index is 10.5. The first-order valence-corrected chi connectivity index (χ1v) is 3.52. The van der Waals surface area contributed by atoms with Gasteiger partial charge in [-0.05, 0) is 11.8 Å². The van der Waals surface area contributed by atoms with E-state index in [1.807, 2.05) is 5.92 Å². The van der Waals surface area contributed by atoms with Crippen LogP contribution in [0, 0.1) is 18.3 Å². The van der Waals surface area contributed by atoms with Crippen molar-refractivity contribution in [3.8, 4) is 12.3 Å². The third-order valence-corrected chi connectivity index (χ3v) is 1.27. The molecule has 12 heavy (non-hydrogen) atoms. The molecule has 1 unspecified atom stereocenters. The highest BCUT2D eigenvalue weighted by atomic mass is 16.4. The standard InChI is InChI=1S/C8H11NO3/c1-3-7(10)9-5-6(2)4-8(11)12/h1,6H,4-5H2,2H3,(H,9,10)(H,11,12). The second-order valence-electron chi connectivity index (χ2n) is 2.56. The number of carbonyl (C=O) groups excluding carboxylic acids is 1. The molecule has 0 radical (unpaired) electrons. The summed E-state index contributed by atoms with van der Waals surface area (Å²) in [6.45, 7) is 2.03. The Morgan fingerprint density at radius 1 is 1.67 bits per heavy atom. The minimum Gasteiger partial charge on any atom is -0.481 e. The quantitative estimate of drug-likeness (QED) is 0.575. The van der Waals surface area contributed by atoms with E-state index in [4.69, 9.17) is 11.5 Å². The van der Waals surface area contributed by atoms with Gasteiger partial charge in [-0.2, -0.15) is 0 Å². The molecule has 0 aromatic carbocycles. The average Bonchev–Trinajstić information content (AvgIpc) is 1.99. The fourth-order valence-electron chi connectivity index (χ4n) is 0.688. The molecule has 0 bridgehead atoms. The van der Waals surface area contributed by atoms with E-state index in [0.29, 0.717) is 6.54 Å². The van der Waals surface area contributed by atoms with Gasteiger partial charge < -0.3 is 10.4 Å². The molecule has 0 saturated carbocycles. The van der Waals surface area contributed by atoms with Gasteiger partial charge in [0.25, 0.3) is 5.91 Å². The second-order valence-corrected chi connectivity index (χ2v) is 2.56. The van der Waals surface area contributed by atoms with Gasteiger partial charge in [0.1, 0.15) is 0 Å². The van der Waals surface area contributed by atoms with E-state index in [-0.39, 0.29) is 12.3 Å². The predicted octanol–water partition coefficient (Wildman–Crippen LogP) is -0.153. The first kappa shape index (κ1) is 10.5. The zero-order chi connectivity index (χ0) is 9.56. The van der Waals surface area contributed by atoms with E-state index in [9.17, 15) is 9.59 Å². The molecule has 0 aromatic heterocycles. The lowest BCUT2D eigenvalue weighted by Crippen LogP contribution is -2.27. The van der Waals surface area contributed by atoms with Crippen LogP contribution in [0.1, 0.15) is 13.3 Å². The number of hydrogen-bond donors (Lipinski definition) is 2. The van der Waals surface area contributed by atoms with Crippen molar-refractivity contribution < 1.29 is 14.7 Å². The third-order valence-electron chi connectivity index (χ3n) is 1.27. The predicted molar refractivity (Wildman–Crippen MR) is 43.3 cm³/mol. The number of hydrogen-bond acceptors (Lipinski definition) is 2. The summed E-state index contributed by atoms with van der Waals surface area (Å²) in [5, 5.41) is 10.8. The SMILES string of the molecule is C#CC(=O)NCC(C)CC(=O)O. The minimum atomic E-state index is -0.877. The summed E-state index contributed by atoms with van der Waals surface area (Å²) < 4.78 is 0. The van der Waals surface area contributed by atoms with Crippen molar-refractivity contribution in [3.63, 3.8) is 0 Å². The Labute approximate surface area is 71.0 Å². The maximum atomic E-state index is 10.5. The lowest BCUT2D eigenvalue weighted by atomic mass is 10.1. The van der Waals surface area contributed by atoms with E-state index >= 15 is 0 Å². The third kappa shape index (κ3) is 5.30. The van der Waals surface area contributed by atoms with Crippen LogP contribution < -0.4 is 5.32 Å². The van der Waals surface area contributed by atoms with Crippen LogP contribution in [-0.4, -0.2) is 23.5 Å². The van der Waals surface area contributed by atoms with Crippen molar-refractivity contribution in [3.05, 3.63) is 0 Å². The van der Waals surface area contributed by atoms with Crippen LogP contribution >= 0.6 is 0 Å². The van der Waals surface area contributed by atoms with Crippen molar-refractivity contribution in [2.75, 3.05) is 6.54 Å². The van der Waals surface area contributed by atoms with E-state index in [0.717, 1.165) is 0 Å². The van der Waals surface area contributed by atoms with Gasteiger partial charge in [0, 0.05) is 13.0 Å². The highest BCUT2D eigenvalue weighted by molar-refractivity contribution is 5.92. The molecule has 1 amide bonds. The number of carbonyl (C=O) groups is 2. The maximum Gasteiger partial charge on any atom is 0.303 e. The van der Waals surface area contributed by atoms with Gasteiger partial charge in [-0.3, -0.25) is 9.59 Å². The Kier molecular flexibility index (Phi) is 4.54. The average molecular weight is 169 g/mol. The number of nitrogens with one attached hydrogen (secondary N) is 1. The number of amides is 1. The second kappa shape index (κ2) is 5.19. The van der Waals surface area contributed by atoms with E-state index in [1.54, 1.807) is 6.92 Å².